The van der Waals surface area contributed by atoms with E-state index in [4.69, 9.17) is 21.6 Å². The third-order valence-electron chi connectivity index (χ3n) is 1.58. The fourth-order valence-corrected chi connectivity index (χ4v) is 1.21. The highest BCUT2D eigenvalue weighted by Gasteiger charge is 2.20. The van der Waals surface area contributed by atoms with Crippen LogP contribution in [0.1, 0.15) is 36.8 Å². The first kappa shape index (κ1) is 12.5. The van der Waals surface area contributed by atoms with Crippen LogP contribution in [-0.2, 0) is 4.74 Å². The van der Waals surface area contributed by atoms with Crippen molar-refractivity contribution in [2.24, 2.45) is 0 Å². The molecule has 0 fully saturated rings. The smallest absolute Gasteiger partial charge is 0.341 e. The fourth-order valence-electron chi connectivity index (χ4n) is 0.982. The predicted octanol–water partition coefficient (Wildman–Crippen LogP) is 2.56. The van der Waals surface area contributed by atoms with Gasteiger partial charge in [0.2, 0.25) is 0 Å². The van der Waals surface area contributed by atoms with Crippen molar-refractivity contribution in [1.29, 1.82) is 5.26 Å². The number of nitrogens with zero attached hydrogens (tertiary/aromatic N) is 2. The van der Waals surface area contributed by atoms with Gasteiger partial charge in [0.1, 0.15) is 22.5 Å². The van der Waals surface area contributed by atoms with Gasteiger partial charge in [0.05, 0.1) is 5.56 Å². The summed E-state index contributed by atoms with van der Waals surface area (Å²) in [5, 5.41) is 8.57. The summed E-state index contributed by atoms with van der Waals surface area (Å²) in [6.45, 7) is 5.28. The Morgan fingerprint density at radius 2 is 2.12 bits per heavy atom. The van der Waals surface area contributed by atoms with Crippen LogP contribution < -0.4 is 0 Å². The molecule has 4 nitrogen and oxygen atoms in total. The molecule has 84 valence electrons. The second-order valence-corrected chi connectivity index (χ2v) is 4.51. The Morgan fingerprint density at radius 3 is 2.56 bits per heavy atom. The number of halogens is 1. The van der Waals surface area contributed by atoms with Gasteiger partial charge in [-0.15, -0.1) is 0 Å². The summed E-state index contributed by atoms with van der Waals surface area (Å²) in [4.78, 5) is 15.4. The predicted molar refractivity (Wildman–Crippen MR) is 59.1 cm³/mol. The molecule has 1 aromatic rings. The van der Waals surface area contributed by atoms with Crippen LogP contribution in [0.2, 0.25) is 5.15 Å². The molecule has 0 aliphatic rings. The van der Waals surface area contributed by atoms with Crippen LogP contribution in [0.5, 0.6) is 0 Å². The second-order valence-electron chi connectivity index (χ2n) is 4.15. The van der Waals surface area contributed by atoms with E-state index < -0.39 is 11.6 Å². The minimum atomic E-state index is -0.589. The van der Waals surface area contributed by atoms with Crippen molar-refractivity contribution in [3.05, 3.63) is 28.5 Å². The Bertz CT molecular complexity index is 458. The van der Waals surface area contributed by atoms with Gasteiger partial charge in [-0.2, -0.15) is 5.26 Å². The normalized spacial score (nSPS) is 10.7. The molecule has 16 heavy (non-hydrogen) atoms. The quantitative estimate of drug-likeness (QED) is 0.557. The summed E-state index contributed by atoms with van der Waals surface area (Å²) < 4.78 is 5.13. The van der Waals surface area contributed by atoms with E-state index in [1.807, 2.05) is 6.07 Å². The molecule has 0 spiro atoms. The zero-order valence-corrected chi connectivity index (χ0v) is 10.00. The molecule has 5 heteroatoms. The summed E-state index contributed by atoms with van der Waals surface area (Å²) in [5.41, 5.74) is -0.262. The SMILES string of the molecule is CC(C)(C)OC(=O)c1ccc(C#N)nc1Cl. The molecule has 1 aromatic heterocycles. The fraction of sp³-hybridized carbons (Fsp3) is 0.364. The Hall–Kier alpha value is -1.60. The number of nitriles is 1. The monoisotopic (exact) mass is 238 g/mol. The summed E-state index contributed by atoms with van der Waals surface area (Å²) >= 11 is 5.77. The molecule has 1 heterocycles. The number of pyridine rings is 1. The van der Waals surface area contributed by atoms with Crippen LogP contribution in [0.25, 0.3) is 0 Å². The first-order chi connectivity index (χ1) is 7.33. The maximum absolute atomic E-state index is 11.7. The zero-order chi connectivity index (χ0) is 12.3. The van der Waals surface area contributed by atoms with E-state index in [1.54, 1.807) is 20.8 Å². The van der Waals surface area contributed by atoms with Crippen molar-refractivity contribution in [2.75, 3.05) is 0 Å². The minimum Gasteiger partial charge on any atom is -0.456 e. The second kappa shape index (κ2) is 4.50. The summed E-state index contributed by atoms with van der Waals surface area (Å²) in [6, 6.07) is 4.69. The van der Waals surface area contributed by atoms with Gasteiger partial charge in [-0.3, -0.25) is 0 Å². The van der Waals surface area contributed by atoms with E-state index in [0.29, 0.717) is 0 Å². The van der Waals surface area contributed by atoms with Gasteiger partial charge in [-0.05, 0) is 32.9 Å². The third-order valence-corrected chi connectivity index (χ3v) is 1.87. The molecular weight excluding hydrogens is 228 g/mol. The van der Waals surface area contributed by atoms with Crippen LogP contribution in [-0.4, -0.2) is 16.6 Å². The lowest BCUT2D eigenvalue weighted by Crippen LogP contribution is -2.24. The molecule has 1 rings (SSSR count). The van der Waals surface area contributed by atoms with E-state index in [-0.39, 0.29) is 16.4 Å². The molecule has 0 saturated heterocycles. The summed E-state index contributed by atoms with van der Waals surface area (Å²) in [7, 11) is 0. The van der Waals surface area contributed by atoms with Gasteiger partial charge in [0, 0.05) is 0 Å². The number of hydrogen-bond donors (Lipinski definition) is 0. The molecule has 0 aliphatic heterocycles. The summed E-state index contributed by atoms with van der Waals surface area (Å²) in [6.07, 6.45) is 0. The lowest BCUT2D eigenvalue weighted by Gasteiger charge is -2.19. The van der Waals surface area contributed by atoms with Crippen LogP contribution >= 0.6 is 11.6 Å². The molecule has 0 N–H and O–H groups in total. The first-order valence-electron chi connectivity index (χ1n) is 4.63. The highest BCUT2D eigenvalue weighted by atomic mass is 35.5. The Balaban J connectivity index is 2.98. The Kier molecular flexibility index (Phi) is 3.51. The molecule has 0 bridgehead atoms. The highest BCUT2D eigenvalue weighted by molar-refractivity contribution is 6.32. The lowest BCUT2D eigenvalue weighted by molar-refractivity contribution is 0.00693. The van der Waals surface area contributed by atoms with Gasteiger partial charge in [0.15, 0.2) is 0 Å². The first-order valence-corrected chi connectivity index (χ1v) is 5.01. The van der Waals surface area contributed by atoms with E-state index >= 15 is 0 Å². The summed E-state index contributed by atoms with van der Waals surface area (Å²) in [5.74, 6) is -0.547. The van der Waals surface area contributed by atoms with Crippen molar-refractivity contribution in [1.82, 2.24) is 4.98 Å². The molecule has 0 unspecified atom stereocenters. The number of rotatable bonds is 1. The van der Waals surface area contributed by atoms with Crippen LogP contribution in [0.15, 0.2) is 12.1 Å². The van der Waals surface area contributed by atoms with Gasteiger partial charge >= 0.3 is 5.97 Å². The number of hydrogen-bond acceptors (Lipinski definition) is 4. The maximum Gasteiger partial charge on any atom is 0.341 e. The molecular formula is C11H11ClN2O2. The Labute approximate surface area is 98.8 Å². The third kappa shape index (κ3) is 3.21. The van der Waals surface area contributed by atoms with Gasteiger partial charge in [0.25, 0.3) is 0 Å². The number of carbonyl (C=O) groups excluding carboxylic acids is 1. The lowest BCUT2D eigenvalue weighted by atomic mass is 10.2. The maximum atomic E-state index is 11.7. The largest absolute Gasteiger partial charge is 0.456 e. The van der Waals surface area contributed by atoms with Gasteiger partial charge in [-0.25, -0.2) is 9.78 Å². The van der Waals surface area contributed by atoms with Crippen molar-refractivity contribution in [3.8, 4) is 6.07 Å². The van der Waals surface area contributed by atoms with Crippen molar-refractivity contribution >= 4 is 17.6 Å². The van der Waals surface area contributed by atoms with Gasteiger partial charge in [-0.1, -0.05) is 11.6 Å². The van der Waals surface area contributed by atoms with Crippen molar-refractivity contribution in [3.63, 3.8) is 0 Å². The highest BCUT2D eigenvalue weighted by Crippen LogP contribution is 2.18. The minimum absolute atomic E-state index is 0.0201. The zero-order valence-electron chi connectivity index (χ0n) is 9.24. The molecule has 0 aromatic carbocycles. The topological polar surface area (TPSA) is 63.0 Å². The van der Waals surface area contributed by atoms with Crippen LogP contribution in [0.4, 0.5) is 0 Å². The van der Waals surface area contributed by atoms with E-state index in [0.717, 1.165) is 0 Å². The average molecular weight is 239 g/mol. The van der Waals surface area contributed by atoms with Gasteiger partial charge < -0.3 is 4.74 Å². The average Bonchev–Trinajstić information content (AvgIpc) is 2.14. The Morgan fingerprint density at radius 1 is 1.50 bits per heavy atom. The molecule has 0 saturated carbocycles. The standard InChI is InChI=1S/C11H11ClN2O2/c1-11(2,3)16-10(15)8-5-4-7(6-13)14-9(8)12/h4-5H,1-3H3. The van der Waals surface area contributed by atoms with E-state index in [2.05, 4.69) is 4.98 Å². The van der Waals surface area contributed by atoms with E-state index in [9.17, 15) is 4.79 Å². The molecule has 0 amide bonds. The molecule has 0 aliphatic carbocycles. The van der Waals surface area contributed by atoms with E-state index in [1.165, 1.54) is 12.1 Å². The van der Waals surface area contributed by atoms with Crippen LogP contribution in [0.3, 0.4) is 0 Å². The number of esters is 1. The number of aromatic nitrogens is 1. The molecule has 0 atom stereocenters. The number of carbonyl (C=O) groups is 1. The van der Waals surface area contributed by atoms with Crippen LogP contribution in [0, 0.1) is 11.3 Å². The van der Waals surface area contributed by atoms with Crippen molar-refractivity contribution in [2.45, 2.75) is 26.4 Å². The van der Waals surface area contributed by atoms with Crippen molar-refractivity contribution < 1.29 is 9.53 Å². The number of ether oxygens (including phenoxy) is 1. The molecule has 0 radical (unpaired) electrons.